The number of carbonyl (C=O) groups excluding carboxylic acids is 1. The fourth-order valence-electron chi connectivity index (χ4n) is 8.28. The summed E-state index contributed by atoms with van der Waals surface area (Å²) in [6.07, 6.45) is 11.5. The van der Waals surface area contributed by atoms with Crippen LogP contribution in [0.5, 0.6) is 0 Å². The molecule has 2 unspecified atom stereocenters. The zero-order chi connectivity index (χ0) is 24.9. The smallest absolute Gasteiger partial charge is 0.304 e. The summed E-state index contributed by atoms with van der Waals surface area (Å²) in [7, 11) is 0. The molecule has 5 aliphatic carbocycles. The Morgan fingerprint density at radius 2 is 1.86 bits per heavy atom. The Balaban J connectivity index is 1.28. The summed E-state index contributed by atoms with van der Waals surface area (Å²) >= 11 is 1.72. The van der Waals surface area contributed by atoms with Gasteiger partial charge in [-0.05, 0) is 87.8 Å². The number of carboxylic acids is 1. The van der Waals surface area contributed by atoms with Gasteiger partial charge in [0.15, 0.2) is 0 Å². The van der Waals surface area contributed by atoms with Crippen molar-refractivity contribution in [3.8, 4) is 0 Å². The number of carboxylic acid groups (broad SMARTS) is 1. The van der Waals surface area contributed by atoms with Gasteiger partial charge in [-0.15, -0.1) is 11.8 Å². The van der Waals surface area contributed by atoms with E-state index in [1.165, 1.54) is 19.3 Å². The molecule has 3 atom stereocenters. The predicted octanol–water partition coefficient (Wildman–Crippen LogP) is 3.88. The summed E-state index contributed by atoms with van der Waals surface area (Å²) in [6.45, 7) is 1.38. The predicted molar refractivity (Wildman–Crippen MR) is 138 cm³/mol. The number of nitrogens with one attached hydrogen (secondary N) is 2. The van der Waals surface area contributed by atoms with Crippen molar-refractivity contribution in [2.45, 2.75) is 104 Å². The van der Waals surface area contributed by atoms with Crippen molar-refractivity contribution in [3.63, 3.8) is 0 Å². The lowest BCUT2D eigenvalue weighted by molar-refractivity contribution is -0.138. The van der Waals surface area contributed by atoms with Gasteiger partial charge >= 0.3 is 5.97 Å². The fraction of sp³-hybridized carbons (Fsp3) is 0.750. The van der Waals surface area contributed by atoms with E-state index in [4.69, 9.17) is 4.98 Å². The Bertz CT molecular complexity index is 1000. The Hall–Kier alpha value is -1.64. The van der Waals surface area contributed by atoms with E-state index in [-0.39, 0.29) is 18.4 Å². The van der Waals surface area contributed by atoms with E-state index in [2.05, 4.69) is 10.6 Å². The maximum absolute atomic E-state index is 13.7. The molecule has 4 bridgehead atoms. The summed E-state index contributed by atoms with van der Waals surface area (Å²) in [5, 5.41) is 28.5. The molecule has 8 heteroatoms. The lowest BCUT2D eigenvalue weighted by Crippen LogP contribution is -2.61. The van der Waals surface area contributed by atoms with Crippen LogP contribution in [-0.2, 0) is 10.2 Å². The molecule has 1 saturated heterocycles. The molecule has 36 heavy (non-hydrogen) atoms. The van der Waals surface area contributed by atoms with Gasteiger partial charge in [0.05, 0.1) is 17.6 Å². The third-order valence-corrected chi connectivity index (χ3v) is 11.1. The van der Waals surface area contributed by atoms with Crippen molar-refractivity contribution < 1.29 is 19.8 Å². The molecule has 6 fully saturated rings. The average Bonchev–Trinajstić information content (AvgIpc) is 3.30. The number of hydrogen-bond donors (Lipinski definition) is 4. The van der Waals surface area contributed by atoms with Crippen LogP contribution in [0.25, 0.3) is 0 Å². The van der Waals surface area contributed by atoms with Crippen LogP contribution in [0.4, 0.5) is 0 Å². The number of rotatable bonds is 7. The molecule has 196 valence electrons. The molecule has 0 spiro atoms. The van der Waals surface area contributed by atoms with Gasteiger partial charge in [0, 0.05) is 28.9 Å². The lowest BCUT2D eigenvalue weighted by Gasteiger charge is -2.58. The van der Waals surface area contributed by atoms with Gasteiger partial charge in [0.2, 0.25) is 0 Å². The zero-order valence-corrected chi connectivity index (χ0v) is 21.8. The third-order valence-electron chi connectivity index (χ3n) is 9.75. The highest BCUT2D eigenvalue weighted by Gasteiger charge is 2.55. The largest absolute Gasteiger partial charge is 0.481 e. The van der Waals surface area contributed by atoms with E-state index < -0.39 is 17.0 Å². The van der Waals surface area contributed by atoms with Crippen molar-refractivity contribution in [2.24, 2.45) is 17.8 Å². The third kappa shape index (κ3) is 4.69. The van der Waals surface area contributed by atoms with Crippen molar-refractivity contribution >= 4 is 23.6 Å². The molecule has 2 heterocycles. The standard InChI is InChI=1S/C28H39N3O4S/c32-23(33)15-27(8-9-29-16-27)22-7-6-21(26(30-22)36-20-4-2-1-3-5-20)25(34)31-24-18-10-17-11-19(24)14-28(35,12-17)13-18/h6-7,17-20,24,29,35H,1-5,8-16H2,(H,31,34)(H,32,33)/t17?,18?,19?,24-,27-,28+/m1/s1. The van der Waals surface area contributed by atoms with Crippen molar-refractivity contribution in [1.82, 2.24) is 15.6 Å². The van der Waals surface area contributed by atoms with Crippen molar-refractivity contribution in [2.75, 3.05) is 13.1 Å². The van der Waals surface area contributed by atoms with Gasteiger partial charge in [-0.2, -0.15) is 0 Å². The van der Waals surface area contributed by atoms with E-state index in [1.807, 2.05) is 12.1 Å². The van der Waals surface area contributed by atoms with Gasteiger partial charge < -0.3 is 20.8 Å². The molecule has 0 radical (unpaired) electrons. The van der Waals surface area contributed by atoms with E-state index in [1.54, 1.807) is 11.8 Å². The summed E-state index contributed by atoms with van der Waals surface area (Å²) in [4.78, 5) is 30.5. The number of hydrogen-bond acceptors (Lipinski definition) is 6. The minimum atomic E-state index is -0.813. The number of amides is 1. The number of aliphatic hydroxyl groups is 1. The molecule has 7 nitrogen and oxygen atoms in total. The maximum atomic E-state index is 13.7. The topological polar surface area (TPSA) is 112 Å². The van der Waals surface area contributed by atoms with Crippen LogP contribution < -0.4 is 10.6 Å². The second-order valence-electron chi connectivity index (χ2n) is 12.4. The molecule has 0 aromatic carbocycles. The molecular formula is C28H39N3O4S. The lowest BCUT2D eigenvalue weighted by atomic mass is 9.52. The zero-order valence-electron chi connectivity index (χ0n) is 21.0. The number of pyridine rings is 1. The molecule has 6 aliphatic rings. The normalized spacial score (nSPS) is 37.8. The van der Waals surface area contributed by atoms with Crippen LogP contribution in [0.2, 0.25) is 0 Å². The van der Waals surface area contributed by atoms with Gasteiger partial charge in [-0.25, -0.2) is 4.98 Å². The van der Waals surface area contributed by atoms with E-state index in [0.717, 1.165) is 68.6 Å². The molecule has 7 rings (SSSR count). The number of thioether (sulfide) groups is 1. The first-order valence-corrected chi connectivity index (χ1v) is 14.8. The van der Waals surface area contributed by atoms with E-state index >= 15 is 0 Å². The molecule has 1 aromatic heterocycles. The first-order valence-electron chi connectivity index (χ1n) is 14.0. The minimum absolute atomic E-state index is 0.0432. The Labute approximate surface area is 217 Å². The summed E-state index contributed by atoms with van der Waals surface area (Å²) in [5.74, 6) is 0.441. The monoisotopic (exact) mass is 513 g/mol. The number of carbonyl (C=O) groups is 2. The van der Waals surface area contributed by atoms with Gasteiger partial charge in [0.1, 0.15) is 5.03 Å². The van der Waals surface area contributed by atoms with Crippen molar-refractivity contribution in [1.29, 1.82) is 0 Å². The minimum Gasteiger partial charge on any atom is -0.481 e. The van der Waals surface area contributed by atoms with Gasteiger partial charge in [0.25, 0.3) is 5.91 Å². The molecular weight excluding hydrogens is 474 g/mol. The summed E-state index contributed by atoms with van der Waals surface area (Å²) < 4.78 is 0. The van der Waals surface area contributed by atoms with Crippen LogP contribution in [0.15, 0.2) is 17.2 Å². The van der Waals surface area contributed by atoms with Crippen LogP contribution in [-0.4, -0.2) is 57.1 Å². The highest BCUT2D eigenvalue weighted by Crippen LogP contribution is 2.55. The molecule has 1 aliphatic heterocycles. The number of aliphatic carboxylic acids is 1. The number of aromatic nitrogens is 1. The Kier molecular flexibility index (Phi) is 6.57. The van der Waals surface area contributed by atoms with E-state index in [9.17, 15) is 19.8 Å². The van der Waals surface area contributed by atoms with Gasteiger partial charge in [-0.3, -0.25) is 9.59 Å². The average molecular weight is 514 g/mol. The Morgan fingerprint density at radius 3 is 2.50 bits per heavy atom. The molecule has 1 amide bonds. The summed E-state index contributed by atoms with van der Waals surface area (Å²) in [5.41, 5.74) is 0.371. The SMILES string of the molecule is O=C(O)C[C@]1(c2ccc(C(=O)N[C@H]3C4CC5CC3C[C@@](O)(C5)C4)c(SC3CCCCC3)n2)CCNC1. The number of nitrogens with zero attached hydrogens (tertiary/aromatic N) is 1. The second-order valence-corrected chi connectivity index (χ2v) is 13.7. The van der Waals surface area contributed by atoms with Crippen LogP contribution in [0.3, 0.4) is 0 Å². The highest BCUT2D eigenvalue weighted by atomic mass is 32.2. The second kappa shape index (κ2) is 9.59. The fourth-order valence-corrected chi connectivity index (χ4v) is 9.60. The Morgan fingerprint density at radius 1 is 1.11 bits per heavy atom. The van der Waals surface area contributed by atoms with E-state index in [0.29, 0.717) is 35.1 Å². The highest BCUT2D eigenvalue weighted by molar-refractivity contribution is 7.99. The first kappa shape index (κ1) is 24.7. The van der Waals surface area contributed by atoms with Crippen LogP contribution in [0, 0.1) is 17.8 Å². The van der Waals surface area contributed by atoms with Crippen LogP contribution in [0.1, 0.15) is 93.1 Å². The molecule has 5 saturated carbocycles. The maximum Gasteiger partial charge on any atom is 0.304 e. The first-order chi connectivity index (χ1) is 17.3. The summed E-state index contributed by atoms with van der Waals surface area (Å²) in [6, 6.07) is 3.92. The molecule has 4 N–H and O–H groups in total. The van der Waals surface area contributed by atoms with Gasteiger partial charge in [-0.1, -0.05) is 19.3 Å². The quantitative estimate of drug-likeness (QED) is 0.438. The van der Waals surface area contributed by atoms with Crippen LogP contribution >= 0.6 is 11.8 Å². The van der Waals surface area contributed by atoms with Crippen molar-refractivity contribution in [3.05, 3.63) is 23.4 Å². The molecule has 1 aromatic rings.